The number of anilines is 2. The summed E-state index contributed by atoms with van der Waals surface area (Å²) < 4.78 is 5.33. The Morgan fingerprint density at radius 1 is 1.11 bits per heavy atom. The van der Waals surface area contributed by atoms with Gasteiger partial charge in [0.2, 0.25) is 0 Å². The molecule has 2 rings (SSSR count). The number of rotatable bonds is 5. The summed E-state index contributed by atoms with van der Waals surface area (Å²) in [6.45, 7) is 2.91. The Hall–Kier alpha value is -2.16. The smallest absolute Gasteiger partial charge is 0.122 e. The lowest BCUT2D eigenvalue weighted by Crippen LogP contribution is -2.01. The van der Waals surface area contributed by atoms with Crippen molar-refractivity contribution in [1.82, 2.24) is 0 Å². The maximum absolute atomic E-state index is 5.67. The van der Waals surface area contributed by atoms with E-state index in [-0.39, 0.29) is 0 Å². The molecule has 0 saturated heterocycles. The molecule has 0 bridgehead atoms. The van der Waals surface area contributed by atoms with Crippen molar-refractivity contribution in [3.05, 3.63) is 53.6 Å². The highest BCUT2D eigenvalue weighted by Crippen LogP contribution is 2.23. The predicted molar refractivity (Wildman–Crippen MR) is 80.6 cm³/mol. The van der Waals surface area contributed by atoms with Crippen LogP contribution in [0, 0.1) is 0 Å². The van der Waals surface area contributed by atoms with Crippen LogP contribution in [-0.2, 0) is 13.0 Å². The predicted octanol–water partition coefficient (Wildman–Crippen LogP) is 3.45. The molecule has 0 atom stereocenters. The molecule has 0 aliphatic heterocycles. The number of methoxy groups -OCH3 is 1. The summed E-state index contributed by atoms with van der Waals surface area (Å²) in [4.78, 5) is 0. The van der Waals surface area contributed by atoms with Crippen LogP contribution in [0.5, 0.6) is 5.75 Å². The molecule has 0 saturated carbocycles. The molecule has 0 spiro atoms. The van der Waals surface area contributed by atoms with Gasteiger partial charge in [0.25, 0.3) is 0 Å². The molecule has 0 aromatic heterocycles. The zero-order chi connectivity index (χ0) is 13.7. The molecule has 3 heteroatoms. The Morgan fingerprint density at radius 3 is 2.47 bits per heavy atom. The van der Waals surface area contributed by atoms with Crippen LogP contribution in [0.2, 0.25) is 0 Å². The number of nitrogens with one attached hydrogen (secondary N) is 1. The van der Waals surface area contributed by atoms with Crippen molar-refractivity contribution in [3.8, 4) is 5.75 Å². The molecule has 3 N–H and O–H groups in total. The molecule has 0 aliphatic carbocycles. The van der Waals surface area contributed by atoms with Crippen LogP contribution in [0.15, 0.2) is 42.5 Å². The summed E-state index contributed by atoms with van der Waals surface area (Å²) in [5.41, 5.74) is 9.99. The van der Waals surface area contributed by atoms with Crippen molar-refractivity contribution in [1.29, 1.82) is 0 Å². The molecule has 3 nitrogen and oxygen atoms in total. The fourth-order valence-electron chi connectivity index (χ4n) is 2.00. The highest BCUT2D eigenvalue weighted by atomic mass is 16.5. The molecule has 19 heavy (non-hydrogen) atoms. The van der Waals surface area contributed by atoms with Gasteiger partial charge in [-0.1, -0.05) is 19.1 Å². The SMILES string of the molecule is CCc1cc(NCc2ccc(N)cc2)ccc1OC. The normalized spacial score (nSPS) is 10.2. The van der Waals surface area contributed by atoms with Gasteiger partial charge in [0.15, 0.2) is 0 Å². The maximum atomic E-state index is 5.67. The Balaban J connectivity index is 2.05. The zero-order valence-corrected chi connectivity index (χ0v) is 11.4. The average Bonchev–Trinajstić information content (AvgIpc) is 2.46. The van der Waals surface area contributed by atoms with Crippen molar-refractivity contribution in [2.24, 2.45) is 0 Å². The summed E-state index contributed by atoms with van der Waals surface area (Å²) in [5, 5.41) is 3.41. The van der Waals surface area contributed by atoms with Gasteiger partial charge >= 0.3 is 0 Å². The van der Waals surface area contributed by atoms with Crippen LogP contribution < -0.4 is 15.8 Å². The van der Waals surface area contributed by atoms with Crippen LogP contribution in [0.25, 0.3) is 0 Å². The Labute approximate surface area is 114 Å². The first kappa shape index (κ1) is 13.3. The van der Waals surface area contributed by atoms with E-state index in [0.29, 0.717) is 0 Å². The van der Waals surface area contributed by atoms with E-state index in [1.807, 2.05) is 36.4 Å². The highest BCUT2D eigenvalue weighted by molar-refractivity contribution is 5.51. The van der Waals surface area contributed by atoms with Crippen molar-refractivity contribution in [2.75, 3.05) is 18.2 Å². The number of ether oxygens (including phenoxy) is 1. The third-order valence-corrected chi connectivity index (χ3v) is 3.14. The first-order chi connectivity index (χ1) is 9.22. The monoisotopic (exact) mass is 256 g/mol. The Bertz CT molecular complexity index is 535. The quantitative estimate of drug-likeness (QED) is 0.805. The molecular weight excluding hydrogens is 236 g/mol. The average molecular weight is 256 g/mol. The molecule has 2 aromatic carbocycles. The van der Waals surface area contributed by atoms with E-state index in [0.717, 1.165) is 30.1 Å². The molecule has 0 unspecified atom stereocenters. The summed E-state index contributed by atoms with van der Waals surface area (Å²) in [7, 11) is 1.70. The van der Waals surface area contributed by atoms with E-state index < -0.39 is 0 Å². The second-order valence-electron chi connectivity index (χ2n) is 4.48. The van der Waals surface area contributed by atoms with Crippen LogP contribution >= 0.6 is 0 Å². The van der Waals surface area contributed by atoms with Gasteiger partial charge in [0.05, 0.1) is 7.11 Å². The summed E-state index contributed by atoms with van der Waals surface area (Å²) >= 11 is 0. The fourth-order valence-corrected chi connectivity index (χ4v) is 2.00. The van der Waals surface area contributed by atoms with Crippen molar-refractivity contribution in [3.63, 3.8) is 0 Å². The lowest BCUT2D eigenvalue weighted by Gasteiger charge is -2.11. The van der Waals surface area contributed by atoms with Gasteiger partial charge in [0, 0.05) is 17.9 Å². The second kappa shape index (κ2) is 6.14. The zero-order valence-electron chi connectivity index (χ0n) is 11.4. The third kappa shape index (κ3) is 3.41. The molecule has 100 valence electrons. The minimum atomic E-state index is 0.787. The Kier molecular flexibility index (Phi) is 4.29. The van der Waals surface area contributed by atoms with Crippen molar-refractivity contribution >= 4 is 11.4 Å². The summed E-state index contributed by atoms with van der Waals surface area (Å²) in [5.74, 6) is 0.945. The number of nitrogen functional groups attached to an aromatic ring is 1. The molecule has 0 aliphatic rings. The number of hydrogen-bond donors (Lipinski definition) is 2. The van der Waals surface area contributed by atoms with E-state index >= 15 is 0 Å². The third-order valence-electron chi connectivity index (χ3n) is 3.14. The van der Waals surface area contributed by atoms with Crippen molar-refractivity contribution < 1.29 is 4.74 Å². The minimum absolute atomic E-state index is 0.787. The molecular formula is C16H20N2O. The summed E-state index contributed by atoms with van der Waals surface area (Å²) in [6.07, 6.45) is 0.959. The number of nitrogens with two attached hydrogens (primary N) is 1. The number of benzene rings is 2. The van der Waals surface area contributed by atoms with E-state index in [1.54, 1.807) is 7.11 Å². The second-order valence-corrected chi connectivity index (χ2v) is 4.48. The standard InChI is InChI=1S/C16H20N2O/c1-3-13-10-15(8-9-16(13)19-2)18-11-12-4-6-14(17)7-5-12/h4-10,18H,3,11,17H2,1-2H3. The van der Waals surface area contributed by atoms with E-state index in [2.05, 4.69) is 18.3 Å². The minimum Gasteiger partial charge on any atom is -0.496 e. The van der Waals surface area contributed by atoms with E-state index in [4.69, 9.17) is 10.5 Å². The van der Waals surface area contributed by atoms with Crippen LogP contribution in [0.4, 0.5) is 11.4 Å². The summed E-state index contributed by atoms with van der Waals surface area (Å²) in [6, 6.07) is 14.1. The van der Waals surface area contributed by atoms with Gasteiger partial charge in [-0.05, 0) is 47.9 Å². The molecule has 0 amide bonds. The van der Waals surface area contributed by atoms with Crippen molar-refractivity contribution in [2.45, 2.75) is 19.9 Å². The topological polar surface area (TPSA) is 47.3 Å². The maximum Gasteiger partial charge on any atom is 0.122 e. The fraction of sp³-hybridized carbons (Fsp3) is 0.250. The van der Waals surface area contributed by atoms with Gasteiger partial charge in [-0.15, -0.1) is 0 Å². The number of hydrogen-bond acceptors (Lipinski definition) is 3. The van der Waals surface area contributed by atoms with Gasteiger partial charge in [0.1, 0.15) is 5.75 Å². The van der Waals surface area contributed by atoms with Crippen LogP contribution in [-0.4, -0.2) is 7.11 Å². The highest BCUT2D eigenvalue weighted by Gasteiger charge is 2.02. The van der Waals surface area contributed by atoms with Gasteiger partial charge in [-0.3, -0.25) is 0 Å². The number of aryl methyl sites for hydroxylation is 1. The largest absolute Gasteiger partial charge is 0.496 e. The van der Waals surface area contributed by atoms with Gasteiger partial charge < -0.3 is 15.8 Å². The molecule has 0 fully saturated rings. The Morgan fingerprint density at radius 2 is 1.84 bits per heavy atom. The lowest BCUT2D eigenvalue weighted by molar-refractivity contribution is 0.410. The first-order valence-corrected chi connectivity index (χ1v) is 6.48. The lowest BCUT2D eigenvalue weighted by atomic mass is 10.1. The van der Waals surface area contributed by atoms with Gasteiger partial charge in [-0.2, -0.15) is 0 Å². The molecule has 2 aromatic rings. The molecule has 0 radical (unpaired) electrons. The first-order valence-electron chi connectivity index (χ1n) is 6.48. The van der Waals surface area contributed by atoms with E-state index in [9.17, 15) is 0 Å². The van der Waals surface area contributed by atoms with Gasteiger partial charge in [-0.25, -0.2) is 0 Å². The molecule has 0 heterocycles. The van der Waals surface area contributed by atoms with Crippen LogP contribution in [0.1, 0.15) is 18.1 Å². The van der Waals surface area contributed by atoms with E-state index in [1.165, 1.54) is 11.1 Å². The van der Waals surface area contributed by atoms with Crippen LogP contribution in [0.3, 0.4) is 0 Å².